The molecular weight excluding hydrogens is 215 g/mol. The van der Waals surface area contributed by atoms with Crippen LogP contribution in [-0.2, 0) is 0 Å². The molecule has 0 bridgehead atoms. The molecule has 1 saturated carbocycles. The Kier molecular flexibility index (Phi) is 4.80. The Morgan fingerprint density at radius 3 is 2.76 bits per heavy atom. The molecule has 1 unspecified atom stereocenters. The molecule has 1 saturated heterocycles. The predicted molar refractivity (Wildman–Crippen MR) is 70.1 cm³/mol. The van der Waals surface area contributed by atoms with Crippen molar-refractivity contribution in [2.24, 2.45) is 0 Å². The smallest absolute Gasteiger partial charge is 0.0906 e. The Morgan fingerprint density at radius 2 is 2.06 bits per heavy atom. The Morgan fingerprint density at radius 1 is 1.29 bits per heavy atom. The van der Waals surface area contributed by atoms with Gasteiger partial charge in [-0.3, -0.25) is 9.29 Å². The minimum Gasteiger partial charge on any atom is -0.310 e. The summed E-state index contributed by atoms with van der Waals surface area (Å²) in [6.45, 7) is 5.31. The van der Waals surface area contributed by atoms with Crippen LogP contribution in [0.15, 0.2) is 0 Å². The molecule has 0 aromatic heterocycles. The Hall–Kier alpha value is -0.150. The van der Waals surface area contributed by atoms with Gasteiger partial charge in [-0.2, -0.15) is 0 Å². The number of hydrogen-bond donors (Lipinski definition) is 1. The fourth-order valence-corrected chi connectivity index (χ4v) is 3.46. The average Bonchev–Trinajstić information content (AvgIpc) is 2.48. The molecule has 0 radical (unpaired) electrons. The first-order valence-electron chi connectivity index (χ1n) is 7.31. The molecule has 1 atom stereocenters. The molecule has 17 heavy (non-hydrogen) atoms. The molecule has 1 aliphatic heterocycles. The van der Waals surface area contributed by atoms with Gasteiger partial charge in [0.2, 0.25) is 0 Å². The molecule has 0 aromatic rings. The normalized spacial score (nSPS) is 30.4. The maximum Gasteiger partial charge on any atom is 0.0906 e. The van der Waals surface area contributed by atoms with Gasteiger partial charge in [0.05, 0.1) is 6.67 Å². The molecule has 2 nitrogen and oxygen atoms in total. The van der Waals surface area contributed by atoms with Crippen molar-refractivity contribution in [2.45, 2.75) is 63.5 Å². The summed E-state index contributed by atoms with van der Waals surface area (Å²) in [5.41, 5.74) is 0.347. The molecule has 0 amide bonds. The first-order valence-corrected chi connectivity index (χ1v) is 7.31. The SMILES string of the molecule is CC1CCNC2(CCCCC2)CN1CCCF. The van der Waals surface area contributed by atoms with Gasteiger partial charge in [0, 0.05) is 24.7 Å². The van der Waals surface area contributed by atoms with Crippen molar-refractivity contribution in [3.63, 3.8) is 0 Å². The van der Waals surface area contributed by atoms with Crippen molar-refractivity contribution in [1.29, 1.82) is 0 Å². The monoisotopic (exact) mass is 242 g/mol. The molecule has 1 aliphatic carbocycles. The van der Waals surface area contributed by atoms with Crippen LogP contribution in [0.5, 0.6) is 0 Å². The summed E-state index contributed by atoms with van der Waals surface area (Å²) >= 11 is 0. The predicted octanol–water partition coefficient (Wildman–Crippen LogP) is 2.73. The van der Waals surface area contributed by atoms with Crippen LogP contribution in [0.3, 0.4) is 0 Å². The number of hydrogen-bond acceptors (Lipinski definition) is 2. The topological polar surface area (TPSA) is 15.3 Å². The zero-order chi connectivity index (χ0) is 12.1. The zero-order valence-electron chi connectivity index (χ0n) is 11.2. The third kappa shape index (κ3) is 3.41. The van der Waals surface area contributed by atoms with Crippen molar-refractivity contribution < 1.29 is 4.39 Å². The maximum absolute atomic E-state index is 12.4. The van der Waals surface area contributed by atoms with E-state index in [1.165, 1.54) is 38.5 Å². The molecule has 1 N–H and O–H groups in total. The van der Waals surface area contributed by atoms with Gasteiger partial charge in [-0.15, -0.1) is 0 Å². The molecule has 2 fully saturated rings. The van der Waals surface area contributed by atoms with E-state index in [1.54, 1.807) is 0 Å². The highest BCUT2D eigenvalue weighted by Crippen LogP contribution is 2.31. The van der Waals surface area contributed by atoms with Gasteiger partial charge >= 0.3 is 0 Å². The van der Waals surface area contributed by atoms with Crippen LogP contribution in [0.1, 0.15) is 51.9 Å². The Balaban J connectivity index is 1.98. The third-order valence-corrected chi connectivity index (χ3v) is 4.58. The summed E-state index contributed by atoms with van der Waals surface area (Å²) in [6, 6.07) is 0.607. The molecule has 2 aliphatic rings. The van der Waals surface area contributed by atoms with Crippen LogP contribution >= 0.6 is 0 Å². The second-order valence-electron chi connectivity index (χ2n) is 5.92. The first-order chi connectivity index (χ1) is 8.26. The quantitative estimate of drug-likeness (QED) is 0.818. The fourth-order valence-electron chi connectivity index (χ4n) is 3.46. The minimum atomic E-state index is -0.177. The Bertz CT molecular complexity index is 226. The molecule has 3 heteroatoms. The van der Waals surface area contributed by atoms with Crippen LogP contribution in [0.4, 0.5) is 4.39 Å². The lowest BCUT2D eigenvalue weighted by atomic mass is 9.81. The van der Waals surface area contributed by atoms with Gasteiger partial charge in [0.15, 0.2) is 0 Å². The van der Waals surface area contributed by atoms with Crippen LogP contribution in [0.2, 0.25) is 0 Å². The van der Waals surface area contributed by atoms with E-state index in [9.17, 15) is 4.39 Å². The summed E-state index contributed by atoms with van der Waals surface area (Å²) in [4.78, 5) is 2.52. The fraction of sp³-hybridized carbons (Fsp3) is 1.00. The van der Waals surface area contributed by atoms with Gasteiger partial charge in [-0.1, -0.05) is 19.3 Å². The van der Waals surface area contributed by atoms with E-state index in [1.807, 2.05) is 0 Å². The summed E-state index contributed by atoms with van der Waals surface area (Å²) in [5.74, 6) is 0. The van der Waals surface area contributed by atoms with Crippen molar-refractivity contribution >= 4 is 0 Å². The second-order valence-corrected chi connectivity index (χ2v) is 5.92. The van der Waals surface area contributed by atoms with Crippen molar-refractivity contribution in [1.82, 2.24) is 10.2 Å². The lowest BCUT2D eigenvalue weighted by molar-refractivity contribution is 0.134. The van der Waals surface area contributed by atoms with Crippen LogP contribution < -0.4 is 5.32 Å². The van der Waals surface area contributed by atoms with Crippen molar-refractivity contribution in [2.75, 3.05) is 26.3 Å². The largest absolute Gasteiger partial charge is 0.310 e. The van der Waals surface area contributed by atoms with E-state index < -0.39 is 0 Å². The van der Waals surface area contributed by atoms with Crippen LogP contribution in [0.25, 0.3) is 0 Å². The number of nitrogens with zero attached hydrogens (tertiary/aromatic N) is 1. The minimum absolute atomic E-state index is 0.177. The lowest BCUT2D eigenvalue weighted by Gasteiger charge is -2.41. The van der Waals surface area contributed by atoms with Gasteiger partial charge in [0.1, 0.15) is 0 Å². The standard InChI is InChI=1S/C14H27FN2/c1-13-6-10-16-14(7-3-2-4-8-14)12-17(13)11-5-9-15/h13,16H,2-12H2,1H3. The Labute approximate surface area is 105 Å². The number of rotatable bonds is 3. The number of nitrogens with one attached hydrogen (secondary N) is 1. The van der Waals surface area contributed by atoms with E-state index in [0.717, 1.165) is 19.6 Å². The molecule has 1 spiro atoms. The summed E-state index contributed by atoms with van der Waals surface area (Å²) in [6.07, 6.45) is 8.63. The highest BCUT2D eigenvalue weighted by Gasteiger charge is 2.36. The van der Waals surface area contributed by atoms with Gasteiger partial charge in [0.25, 0.3) is 0 Å². The van der Waals surface area contributed by atoms with E-state index in [4.69, 9.17) is 0 Å². The van der Waals surface area contributed by atoms with Crippen LogP contribution in [0, 0.1) is 0 Å². The maximum atomic E-state index is 12.4. The molecule has 0 aromatic carbocycles. The zero-order valence-corrected chi connectivity index (χ0v) is 11.2. The van der Waals surface area contributed by atoms with Gasteiger partial charge < -0.3 is 5.32 Å². The van der Waals surface area contributed by atoms with E-state index >= 15 is 0 Å². The molecule has 1 heterocycles. The van der Waals surface area contributed by atoms with E-state index in [2.05, 4.69) is 17.1 Å². The third-order valence-electron chi connectivity index (χ3n) is 4.58. The molecule has 100 valence electrons. The van der Waals surface area contributed by atoms with Gasteiger partial charge in [-0.25, -0.2) is 0 Å². The number of alkyl halides is 1. The van der Waals surface area contributed by atoms with Gasteiger partial charge in [-0.05, 0) is 39.2 Å². The summed E-state index contributed by atoms with van der Waals surface area (Å²) in [7, 11) is 0. The van der Waals surface area contributed by atoms with Crippen molar-refractivity contribution in [3.05, 3.63) is 0 Å². The van der Waals surface area contributed by atoms with E-state index in [0.29, 0.717) is 18.0 Å². The highest BCUT2D eigenvalue weighted by molar-refractivity contribution is 4.96. The summed E-state index contributed by atoms with van der Waals surface area (Å²) < 4.78 is 12.4. The van der Waals surface area contributed by atoms with E-state index in [-0.39, 0.29) is 6.67 Å². The average molecular weight is 242 g/mol. The lowest BCUT2D eigenvalue weighted by Crippen LogP contribution is -2.53. The second kappa shape index (κ2) is 6.14. The highest BCUT2D eigenvalue weighted by atomic mass is 19.1. The summed E-state index contributed by atoms with van der Waals surface area (Å²) in [5, 5.41) is 3.80. The van der Waals surface area contributed by atoms with Crippen molar-refractivity contribution in [3.8, 4) is 0 Å². The number of halogens is 1. The van der Waals surface area contributed by atoms with Crippen LogP contribution in [-0.4, -0.2) is 42.8 Å². The molecule has 2 rings (SSSR count). The first kappa shape index (κ1) is 13.3. The molecular formula is C14H27FN2.